The molecule has 1 fully saturated rings. The molecule has 0 aromatic carbocycles. The molecule has 0 radical (unpaired) electrons. The average molecular weight is 339 g/mol. The first kappa shape index (κ1) is 20.7. The van der Waals surface area contributed by atoms with Crippen molar-refractivity contribution in [1.29, 1.82) is 0 Å². The van der Waals surface area contributed by atoms with Crippen LogP contribution < -0.4 is 0 Å². The number of carbonyl (C=O) groups is 2. The molecule has 1 aliphatic rings. The Morgan fingerprint density at radius 3 is 2.62 bits per heavy atom. The molecule has 0 aliphatic carbocycles. The van der Waals surface area contributed by atoms with Crippen molar-refractivity contribution in [2.75, 3.05) is 6.54 Å². The van der Waals surface area contributed by atoms with E-state index in [0.717, 1.165) is 38.5 Å². The van der Waals surface area contributed by atoms with Crippen molar-refractivity contribution in [3.05, 3.63) is 0 Å². The number of hydrogen-bond donors (Lipinski definition) is 0. The van der Waals surface area contributed by atoms with E-state index in [2.05, 4.69) is 18.8 Å². The molecule has 3 atom stereocenters. The van der Waals surface area contributed by atoms with E-state index in [1.807, 2.05) is 0 Å². The number of hydrogen-bond acceptors (Lipinski definition) is 5. The van der Waals surface area contributed by atoms with Crippen LogP contribution in [0, 0.1) is 5.92 Å². The van der Waals surface area contributed by atoms with E-state index < -0.39 is 0 Å². The van der Waals surface area contributed by atoms with Crippen LogP contribution >= 0.6 is 0 Å². The summed E-state index contributed by atoms with van der Waals surface area (Å²) in [6.45, 7) is 6.12. The van der Waals surface area contributed by atoms with E-state index in [4.69, 9.17) is 9.47 Å². The third kappa shape index (κ3) is 7.45. The zero-order valence-corrected chi connectivity index (χ0v) is 15.5. The summed E-state index contributed by atoms with van der Waals surface area (Å²) in [6, 6.07) is 0. The first-order chi connectivity index (χ1) is 11.6. The van der Waals surface area contributed by atoms with Crippen molar-refractivity contribution in [3.63, 3.8) is 0 Å². The van der Waals surface area contributed by atoms with Gasteiger partial charge in [0.05, 0.1) is 5.92 Å². The maximum Gasteiger partial charge on any atom is 0.327 e. The van der Waals surface area contributed by atoms with Crippen LogP contribution in [0.3, 0.4) is 0 Å². The molecule has 1 rings (SSSR count). The minimum atomic E-state index is -0.306. The molecule has 0 saturated carbocycles. The lowest BCUT2D eigenvalue weighted by Gasteiger charge is -2.37. The van der Waals surface area contributed by atoms with E-state index in [1.54, 1.807) is 13.1 Å². The second-order valence-electron chi connectivity index (χ2n) is 6.52. The standard InChI is InChI=1S/C19H33NO4/c1-4-7-9-10-12-16-17(24-19(16)22)13-15(11-8-5-2)23-18(21)14-20-6-3/h6,15-17H,4-5,7-14H2,1-3H3/t15-,16+,17?/m1/s1. The Kier molecular flexibility index (Phi) is 10.4. The minimum absolute atomic E-state index is 0.0154. The van der Waals surface area contributed by atoms with Crippen LogP contribution in [0.25, 0.3) is 0 Å². The molecule has 0 aromatic rings. The summed E-state index contributed by atoms with van der Waals surface area (Å²) in [5, 5.41) is 0. The molecule has 0 aromatic heterocycles. The molecule has 1 heterocycles. The van der Waals surface area contributed by atoms with Crippen molar-refractivity contribution in [2.45, 2.75) is 90.8 Å². The van der Waals surface area contributed by atoms with Gasteiger partial charge in [-0.2, -0.15) is 0 Å². The molecule has 5 heteroatoms. The molecule has 24 heavy (non-hydrogen) atoms. The first-order valence-electron chi connectivity index (χ1n) is 9.46. The Hall–Kier alpha value is -1.39. The molecular formula is C19H33NO4. The molecular weight excluding hydrogens is 306 g/mol. The summed E-state index contributed by atoms with van der Waals surface area (Å²) in [4.78, 5) is 27.4. The first-order valence-corrected chi connectivity index (χ1v) is 9.46. The minimum Gasteiger partial charge on any atom is -0.461 e. The van der Waals surface area contributed by atoms with Crippen LogP contribution in [0.1, 0.15) is 78.6 Å². The Balaban J connectivity index is 2.45. The molecule has 0 amide bonds. The van der Waals surface area contributed by atoms with Crippen LogP contribution in [0.4, 0.5) is 0 Å². The van der Waals surface area contributed by atoms with Gasteiger partial charge in [-0.15, -0.1) is 0 Å². The van der Waals surface area contributed by atoms with Gasteiger partial charge in [0.25, 0.3) is 0 Å². The lowest BCUT2D eigenvalue weighted by Crippen LogP contribution is -2.47. The number of rotatable bonds is 13. The number of nitrogens with zero attached hydrogens (tertiary/aromatic N) is 1. The molecule has 0 bridgehead atoms. The summed E-state index contributed by atoms with van der Waals surface area (Å²) in [5.74, 6) is -0.412. The SMILES string of the molecule is CC=NCC(=O)O[C@H](CCCC)CC1OC(=O)[C@H]1CCCCCC. The van der Waals surface area contributed by atoms with Crippen molar-refractivity contribution < 1.29 is 19.1 Å². The van der Waals surface area contributed by atoms with Gasteiger partial charge in [-0.05, 0) is 26.0 Å². The Morgan fingerprint density at radius 2 is 2.00 bits per heavy atom. The normalized spacial score (nSPS) is 21.4. The summed E-state index contributed by atoms with van der Waals surface area (Å²) in [6.07, 6.45) is 10.3. The largest absolute Gasteiger partial charge is 0.461 e. The Labute approximate surface area is 146 Å². The quantitative estimate of drug-likeness (QED) is 0.288. The fraction of sp³-hybridized carbons (Fsp3) is 0.842. The van der Waals surface area contributed by atoms with Gasteiger partial charge in [-0.1, -0.05) is 52.4 Å². The summed E-state index contributed by atoms with van der Waals surface area (Å²) < 4.78 is 10.9. The molecule has 138 valence electrons. The topological polar surface area (TPSA) is 65.0 Å². The van der Waals surface area contributed by atoms with Gasteiger partial charge in [0.1, 0.15) is 18.8 Å². The van der Waals surface area contributed by atoms with Crippen LogP contribution in [0.15, 0.2) is 4.99 Å². The molecule has 0 N–H and O–H groups in total. The zero-order valence-electron chi connectivity index (χ0n) is 15.5. The Bertz CT molecular complexity index is 408. The third-order valence-corrected chi connectivity index (χ3v) is 4.46. The second kappa shape index (κ2) is 12.0. The number of ether oxygens (including phenoxy) is 2. The molecule has 1 saturated heterocycles. The Morgan fingerprint density at radius 1 is 1.25 bits per heavy atom. The van der Waals surface area contributed by atoms with Crippen LogP contribution in [0.5, 0.6) is 0 Å². The van der Waals surface area contributed by atoms with E-state index in [0.29, 0.717) is 6.42 Å². The predicted octanol–water partition coefficient (Wildman–Crippen LogP) is 4.08. The maximum atomic E-state index is 11.8. The van der Waals surface area contributed by atoms with E-state index in [9.17, 15) is 9.59 Å². The van der Waals surface area contributed by atoms with Crippen molar-refractivity contribution in [2.24, 2.45) is 10.9 Å². The van der Waals surface area contributed by atoms with Crippen LogP contribution in [-0.4, -0.2) is 36.9 Å². The highest BCUT2D eigenvalue weighted by Gasteiger charge is 2.43. The van der Waals surface area contributed by atoms with Gasteiger partial charge >= 0.3 is 11.9 Å². The molecule has 1 unspecified atom stereocenters. The monoisotopic (exact) mass is 339 g/mol. The number of unbranched alkanes of at least 4 members (excludes halogenated alkanes) is 4. The smallest absolute Gasteiger partial charge is 0.327 e. The van der Waals surface area contributed by atoms with Gasteiger partial charge in [0.15, 0.2) is 0 Å². The molecule has 0 spiro atoms. The fourth-order valence-corrected chi connectivity index (χ4v) is 3.01. The lowest BCUT2D eigenvalue weighted by atomic mass is 9.86. The number of esters is 2. The van der Waals surface area contributed by atoms with Gasteiger partial charge in [0.2, 0.25) is 0 Å². The highest BCUT2D eigenvalue weighted by molar-refractivity contribution is 5.78. The highest BCUT2D eigenvalue weighted by Crippen LogP contribution is 2.32. The number of aliphatic imine (C=N–C) groups is 1. The summed E-state index contributed by atoms with van der Waals surface area (Å²) in [5.41, 5.74) is 0. The van der Waals surface area contributed by atoms with Crippen molar-refractivity contribution >= 4 is 18.2 Å². The van der Waals surface area contributed by atoms with Gasteiger partial charge in [-0.25, -0.2) is 0 Å². The zero-order chi connectivity index (χ0) is 17.8. The van der Waals surface area contributed by atoms with Gasteiger partial charge in [-0.3, -0.25) is 14.6 Å². The maximum absolute atomic E-state index is 11.8. The molecule has 5 nitrogen and oxygen atoms in total. The number of cyclic esters (lactones) is 1. The highest BCUT2D eigenvalue weighted by atomic mass is 16.6. The van der Waals surface area contributed by atoms with E-state index >= 15 is 0 Å². The fourth-order valence-electron chi connectivity index (χ4n) is 3.01. The van der Waals surface area contributed by atoms with Gasteiger partial charge in [0, 0.05) is 6.42 Å². The predicted molar refractivity (Wildman–Crippen MR) is 95.2 cm³/mol. The van der Waals surface area contributed by atoms with Crippen LogP contribution in [-0.2, 0) is 19.1 Å². The third-order valence-electron chi connectivity index (χ3n) is 4.46. The summed E-state index contributed by atoms with van der Waals surface area (Å²) >= 11 is 0. The lowest BCUT2D eigenvalue weighted by molar-refractivity contribution is -0.190. The number of carbonyl (C=O) groups excluding carboxylic acids is 2. The molecule has 1 aliphatic heterocycles. The van der Waals surface area contributed by atoms with Crippen molar-refractivity contribution in [3.8, 4) is 0 Å². The van der Waals surface area contributed by atoms with E-state index in [-0.39, 0.29) is 36.6 Å². The van der Waals surface area contributed by atoms with Crippen LogP contribution in [0.2, 0.25) is 0 Å². The average Bonchev–Trinajstić information content (AvgIpc) is 2.57. The van der Waals surface area contributed by atoms with Gasteiger partial charge < -0.3 is 9.47 Å². The second-order valence-corrected chi connectivity index (χ2v) is 6.52. The summed E-state index contributed by atoms with van der Waals surface area (Å²) in [7, 11) is 0. The van der Waals surface area contributed by atoms with Crippen molar-refractivity contribution in [1.82, 2.24) is 0 Å². The van der Waals surface area contributed by atoms with E-state index in [1.165, 1.54) is 12.8 Å².